The molecule has 23 heavy (non-hydrogen) atoms. The van der Waals surface area contributed by atoms with Crippen LogP contribution in [0.4, 0.5) is 4.39 Å². The molecule has 0 aliphatic carbocycles. The van der Waals surface area contributed by atoms with Gasteiger partial charge in [0.05, 0.1) is 5.56 Å². The van der Waals surface area contributed by atoms with Crippen LogP contribution < -0.4 is 4.72 Å². The molecule has 0 aliphatic heterocycles. The lowest BCUT2D eigenvalue weighted by Gasteiger charge is -2.09. The number of nitrogens with one attached hydrogen (secondary N) is 1. The Labute approximate surface area is 132 Å². The molecule has 0 fully saturated rings. The summed E-state index contributed by atoms with van der Waals surface area (Å²) < 4.78 is 40.1. The SMILES string of the molecule is O=C(O)c1ccc(F)c(S(=O)(=O)NCCc2cccc(O)c2)c1. The van der Waals surface area contributed by atoms with Gasteiger partial charge in [0.2, 0.25) is 10.0 Å². The average Bonchev–Trinajstić information content (AvgIpc) is 2.47. The molecule has 8 heteroatoms. The number of aromatic hydroxyl groups is 1. The molecule has 0 amide bonds. The monoisotopic (exact) mass is 339 g/mol. The molecule has 0 bridgehead atoms. The smallest absolute Gasteiger partial charge is 0.335 e. The molecule has 122 valence electrons. The predicted octanol–water partition coefficient (Wildman–Crippen LogP) is 1.75. The summed E-state index contributed by atoms with van der Waals surface area (Å²) in [6.07, 6.45) is 0.286. The van der Waals surface area contributed by atoms with Gasteiger partial charge in [0, 0.05) is 6.54 Å². The number of hydrogen-bond donors (Lipinski definition) is 3. The number of carboxylic acids is 1. The number of carboxylic acid groups (broad SMARTS) is 1. The van der Waals surface area contributed by atoms with Crippen LogP contribution in [-0.2, 0) is 16.4 Å². The van der Waals surface area contributed by atoms with Crippen molar-refractivity contribution in [3.05, 3.63) is 59.4 Å². The average molecular weight is 339 g/mol. The summed E-state index contributed by atoms with van der Waals surface area (Å²) in [5.74, 6) is -2.31. The minimum absolute atomic E-state index is 0.0253. The van der Waals surface area contributed by atoms with Gasteiger partial charge >= 0.3 is 5.97 Å². The van der Waals surface area contributed by atoms with Crippen LogP contribution in [0.15, 0.2) is 47.4 Å². The van der Waals surface area contributed by atoms with E-state index >= 15 is 0 Å². The molecule has 0 aliphatic rings. The van der Waals surface area contributed by atoms with Gasteiger partial charge in [-0.1, -0.05) is 12.1 Å². The minimum Gasteiger partial charge on any atom is -0.508 e. The highest BCUT2D eigenvalue weighted by molar-refractivity contribution is 7.89. The molecule has 2 rings (SSSR count). The number of phenols is 1. The maximum atomic E-state index is 13.7. The molecule has 0 saturated carbocycles. The Morgan fingerprint density at radius 3 is 2.57 bits per heavy atom. The standard InChI is InChI=1S/C15H14FNO5S/c16-13-5-4-11(15(19)20)9-14(13)23(21,22)17-7-6-10-2-1-3-12(18)8-10/h1-5,8-9,17-18H,6-7H2,(H,19,20). The van der Waals surface area contributed by atoms with Gasteiger partial charge in [0.25, 0.3) is 0 Å². The van der Waals surface area contributed by atoms with Crippen molar-refractivity contribution in [3.8, 4) is 5.75 Å². The molecule has 2 aromatic rings. The van der Waals surface area contributed by atoms with Crippen LogP contribution in [0, 0.1) is 5.82 Å². The lowest BCUT2D eigenvalue weighted by molar-refractivity contribution is 0.0696. The molecule has 6 nitrogen and oxygen atoms in total. The summed E-state index contributed by atoms with van der Waals surface area (Å²) in [6, 6.07) is 8.86. The first-order valence-corrected chi connectivity index (χ1v) is 8.08. The summed E-state index contributed by atoms with van der Waals surface area (Å²) in [7, 11) is -4.18. The maximum absolute atomic E-state index is 13.7. The lowest BCUT2D eigenvalue weighted by Crippen LogP contribution is -2.27. The van der Waals surface area contributed by atoms with Gasteiger partial charge < -0.3 is 10.2 Å². The molecule has 0 radical (unpaired) electrons. The number of phenolic OH excluding ortho intramolecular Hbond substituents is 1. The van der Waals surface area contributed by atoms with E-state index in [0.717, 1.165) is 18.2 Å². The van der Waals surface area contributed by atoms with Gasteiger partial charge in [0.15, 0.2) is 0 Å². The van der Waals surface area contributed by atoms with Crippen LogP contribution in [0.1, 0.15) is 15.9 Å². The quantitative estimate of drug-likeness (QED) is 0.744. The van der Waals surface area contributed by atoms with E-state index in [1.165, 1.54) is 12.1 Å². The van der Waals surface area contributed by atoms with Gasteiger partial charge in [-0.15, -0.1) is 0 Å². The highest BCUT2D eigenvalue weighted by Crippen LogP contribution is 2.17. The predicted molar refractivity (Wildman–Crippen MR) is 80.4 cm³/mol. The molecular weight excluding hydrogens is 325 g/mol. The molecule has 0 heterocycles. The molecule has 3 N–H and O–H groups in total. The fourth-order valence-electron chi connectivity index (χ4n) is 1.96. The molecule has 0 spiro atoms. The van der Waals surface area contributed by atoms with Crippen molar-refractivity contribution in [2.45, 2.75) is 11.3 Å². The van der Waals surface area contributed by atoms with E-state index in [1.807, 2.05) is 0 Å². The summed E-state index contributed by atoms with van der Waals surface area (Å²) >= 11 is 0. The third kappa shape index (κ3) is 4.27. The van der Waals surface area contributed by atoms with Crippen molar-refractivity contribution in [3.63, 3.8) is 0 Å². The summed E-state index contributed by atoms with van der Waals surface area (Å²) in [4.78, 5) is 10.1. The Morgan fingerprint density at radius 2 is 1.91 bits per heavy atom. The number of benzene rings is 2. The van der Waals surface area contributed by atoms with Gasteiger partial charge in [-0.05, 0) is 42.3 Å². The zero-order valence-electron chi connectivity index (χ0n) is 11.9. The van der Waals surface area contributed by atoms with Gasteiger partial charge in [-0.2, -0.15) is 0 Å². The van der Waals surface area contributed by atoms with Gasteiger partial charge in [0.1, 0.15) is 16.5 Å². The molecule has 0 atom stereocenters. The first kappa shape index (κ1) is 16.9. The van der Waals surface area contributed by atoms with E-state index in [-0.39, 0.29) is 24.3 Å². The number of rotatable bonds is 6. The fraction of sp³-hybridized carbons (Fsp3) is 0.133. The van der Waals surface area contributed by atoms with Crippen molar-refractivity contribution in [2.75, 3.05) is 6.54 Å². The largest absolute Gasteiger partial charge is 0.508 e. The number of halogens is 1. The van der Waals surface area contributed by atoms with Crippen LogP contribution in [0.3, 0.4) is 0 Å². The van der Waals surface area contributed by atoms with Crippen LogP contribution >= 0.6 is 0 Å². The van der Waals surface area contributed by atoms with Crippen LogP contribution in [0.2, 0.25) is 0 Å². The Balaban J connectivity index is 2.13. The highest BCUT2D eigenvalue weighted by atomic mass is 32.2. The topological polar surface area (TPSA) is 104 Å². The van der Waals surface area contributed by atoms with Crippen molar-refractivity contribution < 1.29 is 27.8 Å². The minimum atomic E-state index is -4.18. The number of aromatic carboxylic acids is 1. The third-order valence-corrected chi connectivity index (χ3v) is 4.56. The Hall–Kier alpha value is -2.45. The zero-order chi connectivity index (χ0) is 17.0. The van der Waals surface area contributed by atoms with Crippen molar-refractivity contribution in [2.24, 2.45) is 0 Å². The molecule has 0 saturated heterocycles. The Bertz CT molecular complexity index is 836. The van der Waals surface area contributed by atoms with Crippen molar-refractivity contribution in [1.29, 1.82) is 0 Å². The van der Waals surface area contributed by atoms with Crippen LogP contribution in [-0.4, -0.2) is 31.1 Å². The maximum Gasteiger partial charge on any atom is 0.335 e. The summed E-state index contributed by atoms with van der Waals surface area (Å²) in [6.45, 7) is -0.0253. The third-order valence-electron chi connectivity index (χ3n) is 3.08. The molecule has 2 aromatic carbocycles. The van der Waals surface area contributed by atoms with Crippen LogP contribution in [0.5, 0.6) is 5.75 Å². The normalized spacial score (nSPS) is 11.3. The Morgan fingerprint density at radius 1 is 1.17 bits per heavy atom. The van der Waals surface area contributed by atoms with E-state index in [0.29, 0.717) is 5.56 Å². The number of sulfonamides is 1. The van der Waals surface area contributed by atoms with E-state index in [2.05, 4.69) is 4.72 Å². The lowest BCUT2D eigenvalue weighted by atomic mass is 10.1. The highest BCUT2D eigenvalue weighted by Gasteiger charge is 2.20. The Kier molecular flexibility index (Phi) is 4.97. The summed E-state index contributed by atoms with van der Waals surface area (Å²) in [5.41, 5.74) is 0.382. The second-order valence-corrected chi connectivity index (χ2v) is 6.50. The molecular formula is C15H14FNO5S. The van der Waals surface area contributed by atoms with Gasteiger partial charge in [-0.3, -0.25) is 0 Å². The van der Waals surface area contributed by atoms with E-state index in [9.17, 15) is 22.7 Å². The number of carbonyl (C=O) groups is 1. The first-order valence-electron chi connectivity index (χ1n) is 6.60. The number of hydrogen-bond acceptors (Lipinski definition) is 4. The summed E-state index contributed by atoms with van der Waals surface area (Å²) in [5, 5.41) is 18.2. The van der Waals surface area contributed by atoms with E-state index in [1.54, 1.807) is 12.1 Å². The first-order chi connectivity index (χ1) is 10.8. The van der Waals surface area contributed by atoms with E-state index in [4.69, 9.17) is 5.11 Å². The second-order valence-electron chi connectivity index (χ2n) is 4.77. The van der Waals surface area contributed by atoms with Crippen molar-refractivity contribution >= 4 is 16.0 Å². The second kappa shape index (κ2) is 6.76. The zero-order valence-corrected chi connectivity index (χ0v) is 12.7. The van der Waals surface area contributed by atoms with Crippen molar-refractivity contribution in [1.82, 2.24) is 4.72 Å². The van der Waals surface area contributed by atoms with Crippen LogP contribution in [0.25, 0.3) is 0 Å². The molecule has 0 aromatic heterocycles. The fourth-order valence-corrected chi connectivity index (χ4v) is 3.09. The van der Waals surface area contributed by atoms with E-state index < -0.39 is 26.7 Å². The van der Waals surface area contributed by atoms with Gasteiger partial charge in [-0.25, -0.2) is 22.3 Å². The molecule has 0 unspecified atom stereocenters.